The topological polar surface area (TPSA) is 0 Å². The van der Waals surface area contributed by atoms with E-state index in [2.05, 4.69) is 20.8 Å². The molecule has 0 saturated carbocycles. The fraction of sp³-hybridized carbons (Fsp3) is 1.00. The van der Waals surface area contributed by atoms with Crippen LogP contribution < -0.4 is 0 Å². The van der Waals surface area contributed by atoms with Crippen LogP contribution in [0.25, 0.3) is 0 Å². The van der Waals surface area contributed by atoms with Crippen LogP contribution in [0.15, 0.2) is 0 Å². The first kappa shape index (κ1) is 11.9. The van der Waals surface area contributed by atoms with Gasteiger partial charge in [0.15, 0.2) is 0 Å². The van der Waals surface area contributed by atoms with Crippen LogP contribution in [0.2, 0.25) is 6.04 Å². The van der Waals surface area contributed by atoms with E-state index in [1.807, 2.05) is 0 Å². The first-order valence-corrected chi connectivity index (χ1v) is 4.47. The molecule has 0 amide bonds. The maximum atomic E-state index is 2.30. The van der Waals surface area contributed by atoms with Crippen molar-refractivity contribution in [2.75, 3.05) is 0 Å². The monoisotopic (exact) mass is 140 g/mol. The molecule has 0 bridgehead atoms. The van der Waals surface area contributed by atoms with Gasteiger partial charge in [0.1, 0.15) is 0 Å². The standard InChI is InChI=1S/C6H16Si.Na.H/c1-6(2,3)4-5-7;;/h4-5H2,1-3,7H3;;. The summed E-state index contributed by atoms with van der Waals surface area (Å²) in [6, 6.07) is 1.45. The van der Waals surface area contributed by atoms with Gasteiger partial charge < -0.3 is 0 Å². The fourth-order valence-electron chi connectivity index (χ4n) is 0.750. The summed E-state index contributed by atoms with van der Waals surface area (Å²) < 4.78 is 0. The van der Waals surface area contributed by atoms with Crippen molar-refractivity contribution in [3.63, 3.8) is 0 Å². The van der Waals surface area contributed by atoms with Gasteiger partial charge in [0.25, 0.3) is 0 Å². The molecule has 2 heteroatoms. The fourth-order valence-corrected chi connectivity index (χ4v) is 2.25. The molecule has 0 saturated heterocycles. The Bertz CT molecular complexity index is 47.0. The van der Waals surface area contributed by atoms with Crippen LogP contribution in [-0.2, 0) is 0 Å². The van der Waals surface area contributed by atoms with E-state index >= 15 is 0 Å². The molecular formula is C6H17NaSi. The van der Waals surface area contributed by atoms with Crippen molar-refractivity contribution in [3.8, 4) is 0 Å². The van der Waals surface area contributed by atoms with Crippen molar-refractivity contribution in [3.05, 3.63) is 0 Å². The molecule has 0 spiro atoms. The Kier molecular flexibility index (Phi) is 7.52. The van der Waals surface area contributed by atoms with Crippen molar-refractivity contribution in [1.82, 2.24) is 0 Å². The summed E-state index contributed by atoms with van der Waals surface area (Å²) in [6.45, 7) is 6.89. The second-order valence-electron chi connectivity index (χ2n) is 3.31. The molecular weight excluding hydrogens is 123 g/mol. The van der Waals surface area contributed by atoms with E-state index in [4.69, 9.17) is 0 Å². The van der Waals surface area contributed by atoms with Gasteiger partial charge in [-0.1, -0.05) is 33.2 Å². The summed E-state index contributed by atoms with van der Waals surface area (Å²) in [7, 11) is 1.37. The molecule has 0 aliphatic rings. The Balaban J connectivity index is 0. The minimum absolute atomic E-state index is 0. The normalized spacial score (nSPS) is 10.9. The van der Waals surface area contributed by atoms with Gasteiger partial charge >= 0.3 is 29.6 Å². The molecule has 0 nitrogen and oxygen atoms in total. The third-order valence-electron chi connectivity index (χ3n) is 1.000. The van der Waals surface area contributed by atoms with Gasteiger partial charge in [-0.2, -0.15) is 0 Å². The zero-order chi connectivity index (χ0) is 5.91. The van der Waals surface area contributed by atoms with Gasteiger partial charge in [0.2, 0.25) is 0 Å². The molecule has 0 fully saturated rings. The van der Waals surface area contributed by atoms with E-state index in [-0.39, 0.29) is 29.6 Å². The molecule has 0 atom stereocenters. The number of hydrogen-bond acceptors (Lipinski definition) is 0. The van der Waals surface area contributed by atoms with Crippen molar-refractivity contribution < 1.29 is 0 Å². The second-order valence-corrected chi connectivity index (χ2v) is 4.31. The van der Waals surface area contributed by atoms with Crippen LogP contribution in [0.4, 0.5) is 0 Å². The van der Waals surface area contributed by atoms with E-state index in [9.17, 15) is 0 Å². The van der Waals surface area contributed by atoms with E-state index in [1.165, 1.54) is 22.7 Å². The first-order valence-electron chi connectivity index (χ1n) is 3.06. The van der Waals surface area contributed by atoms with E-state index in [0.717, 1.165) is 0 Å². The summed E-state index contributed by atoms with van der Waals surface area (Å²) >= 11 is 0. The van der Waals surface area contributed by atoms with Crippen LogP contribution in [0.5, 0.6) is 0 Å². The van der Waals surface area contributed by atoms with Gasteiger partial charge in [-0.25, -0.2) is 0 Å². The number of rotatable bonds is 1. The summed E-state index contributed by atoms with van der Waals surface area (Å²) in [6.07, 6.45) is 1.40. The Morgan fingerprint density at radius 1 is 1.25 bits per heavy atom. The molecule has 0 aliphatic carbocycles. The maximum absolute atomic E-state index is 2.30. The van der Waals surface area contributed by atoms with E-state index in [1.54, 1.807) is 0 Å². The molecule has 0 unspecified atom stereocenters. The van der Waals surface area contributed by atoms with Crippen LogP contribution in [-0.4, -0.2) is 39.8 Å². The van der Waals surface area contributed by atoms with E-state index in [0.29, 0.717) is 5.41 Å². The SMILES string of the molecule is CC(C)(C)CC[SiH3].[NaH]. The summed E-state index contributed by atoms with van der Waals surface area (Å²) in [4.78, 5) is 0. The molecule has 46 valence electrons. The number of hydrogen-bond donors (Lipinski definition) is 0. The average molecular weight is 140 g/mol. The average Bonchev–Trinajstić information content (AvgIpc) is 1.30. The van der Waals surface area contributed by atoms with Crippen molar-refractivity contribution in [1.29, 1.82) is 0 Å². The summed E-state index contributed by atoms with van der Waals surface area (Å²) in [5.74, 6) is 0. The van der Waals surface area contributed by atoms with Crippen LogP contribution >= 0.6 is 0 Å². The summed E-state index contributed by atoms with van der Waals surface area (Å²) in [5, 5.41) is 0. The summed E-state index contributed by atoms with van der Waals surface area (Å²) in [5.41, 5.74) is 0.585. The van der Waals surface area contributed by atoms with Crippen LogP contribution in [0.3, 0.4) is 0 Å². The van der Waals surface area contributed by atoms with Crippen LogP contribution in [0.1, 0.15) is 27.2 Å². The Morgan fingerprint density at radius 3 is 1.62 bits per heavy atom. The van der Waals surface area contributed by atoms with Gasteiger partial charge in [0, 0.05) is 10.2 Å². The van der Waals surface area contributed by atoms with Gasteiger partial charge in [-0.05, 0) is 5.41 Å². The van der Waals surface area contributed by atoms with Gasteiger partial charge in [-0.3, -0.25) is 0 Å². The Labute approximate surface area is 78.1 Å². The quantitative estimate of drug-likeness (QED) is 0.467. The minimum atomic E-state index is 0. The molecule has 8 heavy (non-hydrogen) atoms. The molecule has 0 aromatic heterocycles. The molecule has 0 heterocycles. The van der Waals surface area contributed by atoms with Crippen molar-refractivity contribution >= 4 is 39.8 Å². The predicted octanol–water partition coefficient (Wildman–Crippen LogP) is 0.558. The van der Waals surface area contributed by atoms with Crippen molar-refractivity contribution in [2.24, 2.45) is 5.41 Å². The van der Waals surface area contributed by atoms with Gasteiger partial charge in [0.05, 0.1) is 0 Å². The third-order valence-corrected chi connectivity index (χ3v) is 1.50. The Morgan fingerprint density at radius 2 is 1.62 bits per heavy atom. The van der Waals surface area contributed by atoms with Crippen LogP contribution in [0, 0.1) is 5.41 Å². The van der Waals surface area contributed by atoms with E-state index < -0.39 is 0 Å². The first-order chi connectivity index (χ1) is 3.06. The molecule has 0 N–H and O–H groups in total. The predicted molar refractivity (Wildman–Crippen MR) is 46.0 cm³/mol. The third kappa shape index (κ3) is 10.2. The zero-order valence-corrected chi connectivity index (χ0v) is 7.91. The second kappa shape index (κ2) is 5.04. The molecule has 0 aromatic carbocycles. The van der Waals surface area contributed by atoms with Gasteiger partial charge in [-0.15, -0.1) is 0 Å². The Hall–Kier alpha value is 1.22. The zero-order valence-electron chi connectivity index (χ0n) is 5.91. The molecule has 0 radical (unpaired) electrons. The molecule has 0 aromatic rings. The molecule has 0 rings (SSSR count). The molecule has 0 aliphatic heterocycles. The van der Waals surface area contributed by atoms with Crippen molar-refractivity contribution in [2.45, 2.75) is 33.2 Å².